The average molecular weight is 287 g/mol. The van der Waals surface area contributed by atoms with Crippen molar-refractivity contribution < 1.29 is 5.11 Å². The molecule has 1 nitrogen and oxygen atoms in total. The molecule has 1 fully saturated rings. The molecule has 0 saturated heterocycles. The summed E-state index contributed by atoms with van der Waals surface area (Å²) in [5, 5.41) is 9.27. The second-order valence-corrected chi connectivity index (χ2v) is 6.56. The van der Waals surface area contributed by atoms with E-state index in [1.807, 2.05) is 6.08 Å². The minimum absolute atomic E-state index is 0.191. The predicted octanol–water partition coefficient (Wildman–Crippen LogP) is 3.93. The fourth-order valence-electron chi connectivity index (χ4n) is 2.62. The Labute approximate surface area is 108 Å². The summed E-state index contributed by atoms with van der Waals surface area (Å²) in [5.74, 6) is 0.666. The number of allylic oxidation sites excluding steroid dienone is 1. The molecule has 16 heavy (non-hydrogen) atoms. The largest absolute Gasteiger partial charge is 0.396 e. The Hall–Kier alpha value is -0.0800. The lowest BCUT2D eigenvalue weighted by atomic mass is 9.64. The quantitative estimate of drug-likeness (QED) is 0.613. The summed E-state index contributed by atoms with van der Waals surface area (Å²) in [4.78, 5) is 0.541. The van der Waals surface area contributed by atoms with Gasteiger partial charge in [-0.3, -0.25) is 0 Å². The zero-order valence-corrected chi connectivity index (χ0v) is 12.0. The van der Waals surface area contributed by atoms with Gasteiger partial charge in [-0.15, -0.1) is 6.58 Å². The number of aliphatic hydroxyl groups is 1. The fraction of sp³-hybridized carbons (Fsp3) is 0.714. The van der Waals surface area contributed by atoms with Gasteiger partial charge in [0, 0.05) is 17.4 Å². The van der Waals surface area contributed by atoms with Gasteiger partial charge in [-0.1, -0.05) is 48.0 Å². The lowest BCUT2D eigenvalue weighted by Crippen LogP contribution is -2.39. The molecule has 0 bridgehead atoms. The number of alkyl halides is 1. The van der Waals surface area contributed by atoms with Gasteiger partial charge in [0.2, 0.25) is 0 Å². The standard InChI is InChI=1S/C14H23BrO/c1-5-11(9-16)8-12-10(2)6-7-13(15)14(12,3)4/h5,11-13,16H,1-2,6-9H2,3-4H3/t11-,12+,13+/m0/s1. The van der Waals surface area contributed by atoms with E-state index in [-0.39, 0.29) is 17.9 Å². The van der Waals surface area contributed by atoms with Crippen LogP contribution in [0, 0.1) is 17.3 Å². The number of halogens is 1. The molecule has 1 saturated carbocycles. The number of hydrogen-bond acceptors (Lipinski definition) is 1. The van der Waals surface area contributed by atoms with E-state index in [9.17, 15) is 5.11 Å². The van der Waals surface area contributed by atoms with Crippen molar-refractivity contribution in [2.75, 3.05) is 6.61 Å². The van der Waals surface area contributed by atoms with E-state index in [2.05, 4.69) is 42.9 Å². The van der Waals surface area contributed by atoms with E-state index in [4.69, 9.17) is 0 Å². The van der Waals surface area contributed by atoms with Gasteiger partial charge in [-0.2, -0.15) is 0 Å². The molecule has 0 aromatic carbocycles. The number of rotatable bonds is 4. The molecule has 1 N–H and O–H groups in total. The Bertz CT molecular complexity index is 270. The van der Waals surface area contributed by atoms with Crippen molar-refractivity contribution in [3.8, 4) is 0 Å². The van der Waals surface area contributed by atoms with E-state index in [1.54, 1.807) is 0 Å². The van der Waals surface area contributed by atoms with Crippen LogP contribution in [-0.2, 0) is 0 Å². The molecule has 0 heterocycles. The van der Waals surface area contributed by atoms with Crippen LogP contribution in [0.3, 0.4) is 0 Å². The summed E-state index contributed by atoms with van der Waals surface area (Å²) in [5.41, 5.74) is 1.55. The first-order chi connectivity index (χ1) is 7.43. The summed E-state index contributed by atoms with van der Waals surface area (Å²) in [6.07, 6.45) is 5.09. The minimum Gasteiger partial charge on any atom is -0.396 e. The molecule has 0 spiro atoms. The Morgan fingerprint density at radius 2 is 2.25 bits per heavy atom. The number of hydrogen-bond donors (Lipinski definition) is 1. The van der Waals surface area contributed by atoms with Crippen molar-refractivity contribution in [2.45, 2.75) is 37.9 Å². The Morgan fingerprint density at radius 1 is 1.62 bits per heavy atom. The molecule has 3 atom stereocenters. The van der Waals surface area contributed by atoms with Crippen molar-refractivity contribution >= 4 is 15.9 Å². The molecule has 0 radical (unpaired) electrons. The zero-order valence-electron chi connectivity index (χ0n) is 10.4. The van der Waals surface area contributed by atoms with Crippen molar-refractivity contribution in [2.24, 2.45) is 17.3 Å². The van der Waals surface area contributed by atoms with Gasteiger partial charge in [0.15, 0.2) is 0 Å². The molecular weight excluding hydrogens is 264 g/mol. The maximum atomic E-state index is 9.27. The first kappa shape index (κ1) is 14.0. The fourth-order valence-corrected chi connectivity index (χ4v) is 3.17. The highest BCUT2D eigenvalue weighted by atomic mass is 79.9. The van der Waals surface area contributed by atoms with E-state index in [1.165, 1.54) is 12.0 Å². The zero-order chi connectivity index (χ0) is 12.3. The van der Waals surface area contributed by atoms with Crippen LogP contribution in [0.4, 0.5) is 0 Å². The molecule has 0 aromatic rings. The molecule has 0 amide bonds. The lowest BCUT2D eigenvalue weighted by molar-refractivity contribution is 0.155. The minimum atomic E-state index is 0.191. The van der Waals surface area contributed by atoms with Gasteiger partial charge in [0.1, 0.15) is 0 Å². The van der Waals surface area contributed by atoms with E-state index < -0.39 is 0 Å². The Balaban J connectivity index is 2.81. The maximum Gasteiger partial charge on any atom is 0.0493 e. The van der Waals surface area contributed by atoms with Crippen molar-refractivity contribution in [3.63, 3.8) is 0 Å². The predicted molar refractivity (Wildman–Crippen MR) is 73.7 cm³/mol. The topological polar surface area (TPSA) is 20.2 Å². The van der Waals surface area contributed by atoms with Gasteiger partial charge >= 0.3 is 0 Å². The first-order valence-corrected chi connectivity index (χ1v) is 6.90. The summed E-state index contributed by atoms with van der Waals surface area (Å²) >= 11 is 3.78. The Kier molecular flexibility index (Phi) is 4.81. The SMILES string of the molecule is C=C[C@H](CO)C[C@@H]1C(=C)CC[C@@H](Br)C1(C)C. The molecular formula is C14H23BrO. The van der Waals surface area contributed by atoms with Crippen LogP contribution in [0.5, 0.6) is 0 Å². The first-order valence-electron chi connectivity index (χ1n) is 5.98. The van der Waals surface area contributed by atoms with Crippen molar-refractivity contribution in [3.05, 3.63) is 24.8 Å². The highest BCUT2D eigenvalue weighted by Crippen LogP contribution is 2.49. The molecule has 0 aromatic heterocycles. The van der Waals surface area contributed by atoms with Gasteiger partial charge in [0.25, 0.3) is 0 Å². The molecule has 0 unspecified atom stereocenters. The molecule has 2 heteroatoms. The Morgan fingerprint density at radius 3 is 2.75 bits per heavy atom. The highest BCUT2D eigenvalue weighted by Gasteiger charge is 2.41. The van der Waals surface area contributed by atoms with Crippen molar-refractivity contribution in [1.29, 1.82) is 0 Å². The molecule has 0 aliphatic heterocycles. The normalized spacial score (nSPS) is 31.1. The van der Waals surface area contributed by atoms with Crippen LogP contribution in [0.1, 0.15) is 33.1 Å². The summed E-state index contributed by atoms with van der Waals surface area (Å²) in [6.45, 7) is 12.8. The number of aliphatic hydroxyl groups excluding tert-OH is 1. The van der Waals surface area contributed by atoms with E-state index in [0.717, 1.165) is 12.8 Å². The van der Waals surface area contributed by atoms with Crippen LogP contribution in [0.2, 0.25) is 0 Å². The average Bonchev–Trinajstić information content (AvgIpc) is 2.25. The van der Waals surface area contributed by atoms with Crippen LogP contribution in [0.15, 0.2) is 24.8 Å². The van der Waals surface area contributed by atoms with Gasteiger partial charge in [0.05, 0.1) is 0 Å². The molecule has 1 aliphatic carbocycles. The molecule has 1 rings (SSSR count). The van der Waals surface area contributed by atoms with Crippen LogP contribution < -0.4 is 0 Å². The lowest BCUT2D eigenvalue weighted by Gasteiger charge is -2.45. The van der Waals surface area contributed by atoms with Crippen LogP contribution >= 0.6 is 15.9 Å². The second-order valence-electron chi connectivity index (χ2n) is 5.45. The smallest absolute Gasteiger partial charge is 0.0493 e. The second kappa shape index (κ2) is 5.50. The third-order valence-electron chi connectivity index (χ3n) is 4.02. The van der Waals surface area contributed by atoms with E-state index in [0.29, 0.717) is 10.7 Å². The summed E-state index contributed by atoms with van der Waals surface area (Å²) in [6, 6.07) is 0. The van der Waals surface area contributed by atoms with Crippen LogP contribution in [-0.4, -0.2) is 16.5 Å². The maximum absolute atomic E-state index is 9.27. The third-order valence-corrected chi connectivity index (χ3v) is 5.66. The summed E-state index contributed by atoms with van der Waals surface area (Å²) in [7, 11) is 0. The molecule has 92 valence electrons. The van der Waals surface area contributed by atoms with Gasteiger partial charge < -0.3 is 5.11 Å². The van der Waals surface area contributed by atoms with Gasteiger partial charge in [-0.05, 0) is 30.6 Å². The third kappa shape index (κ3) is 2.78. The monoisotopic (exact) mass is 286 g/mol. The highest BCUT2D eigenvalue weighted by molar-refractivity contribution is 9.09. The van der Waals surface area contributed by atoms with Gasteiger partial charge in [-0.25, -0.2) is 0 Å². The molecule has 1 aliphatic rings. The summed E-state index contributed by atoms with van der Waals surface area (Å²) < 4.78 is 0. The van der Waals surface area contributed by atoms with Crippen molar-refractivity contribution in [1.82, 2.24) is 0 Å². The van der Waals surface area contributed by atoms with Crippen LogP contribution in [0.25, 0.3) is 0 Å². The van der Waals surface area contributed by atoms with E-state index >= 15 is 0 Å².